The number of fused-ring (bicyclic) bond motifs is 10. The van der Waals surface area contributed by atoms with Crippen LogP contribution in [-0.4, -0.2) is 96.6 Å². The van der Waals surface area contributed by atoms with Gasteiger partial charge in [0.05, 0.1) is 29.2 Å². The van der Waals surface area contributed by atoms with Crippen LogP contribution < -0.4 is 0 Å². The van der Waals surface area contributed by atoms with E-state index in [-0.39, 0.29) is 78.6 Å². The predicted octanol–water partition coefficient (Wildman–Crippen LogP) is 9.30. The highest BCUT2D eigenvalue weighted by Gasteiger charge is 2.79. The van der Waals surface area contributed by atoms with Gasteiger partial charge >= 0.3 is 11.9 Å². The molecule has 0 aliphatic heterocycles. The van der Waals surface area contributed by atoms with Gasteiger partial charge in [0.15, 0.2) is 34.2 Å². The summed E-state index contributed by atoms with van der Waals surface area (Å²) in [6, 6.07) is 2.05. The van der Waals surface area contributed by atoms with Gasteiger partial charge in [-0.2, -0.15) is 0 Å². The van der Waals surface area contributed by atoms with E-state index in [0.717, 1.165) is 11.6 Å². The molecule has 1 aromatic rings. The van der Waals surface area contributed by atoms with E-state index in [1.54, 1.807) is 32.9 Å². The first kappa shape index (κ1) is 51.8. The second kappa shape index (κ2) is 17.6. The SMILES string of the molecule is CCC(=O)O[C@]1(C(=O)SCF)[C@H](C)C[C@H]2C3C[C@H](F)C4=CC(=O)C=C[C@]4(C)[C@@]3(F)[C@@H](O)C[C@@]21C.C[C@@H]1C[C@H]2[C@@H]3CCC4=CC(=O)C=C[C@]4(C)[C@@]3(Cl)[C@@H](O)C[C@]2(C)[C@@]1(OC(=O)c1ccco1)C(=O)CCl. The minimum atomic E-state index is -2.30. The molecule has 1 unspecified atom stereocenters. The van der Waals surface area contributed by atoms with Crippen LogP contribution in [0.15, 0.2) is 70.4 Å². The van der Waals surface area contributed by atoms with E-state index in [4.69, 9.17) is 37.1 Å². The maximum atomic E-state index is 17.2. The van der Waals surface area contributed by atoms with Crippen LogP contribution in [0, 0.1) is 57.2 Å². The van der Waals surface area contributed by atoms with Gasteiger partial charge in [-0.05, 0) is 123 Å². The minimum Gasteiger partial charge on any atom is -0.457 e. The summed E-state index contributed by atoms with van der Waals surface area (Å²) in [6.07, 6.45) is 7.60. The molecule has 1 heterocycles. The number of rotatable bonds is 8. The first-order valence-corrected chi connectivity index (χ1v) is 25.8. The molecule has 11 nitrogen and oxygen atoms in total. The summed E-state index contributed by atoms with van der Waals surface area (Å²) in [5.41, 5.74) is -9.04. The molecular formula is C52H61Cl2F3O11S. The number of hydrogen-bond acceptors (Lipinski definition) is 12. The number of furan rings is 1. The number of aliphatic hydroxyl groups excluding tert-OH is 2. The lowest BCUT2D eigenvalue weighted by Crippen LogP contribution is -2.70. The van der Waals surface area contributed by atoms with E-state index in [1.807, 2.05) is 26.8 Å². The Labute approximate surface area is 414 Å². The number of aliphatic hydroxyl groups is 2. The predicted molar refractivity (Wildman–Crippen MR) is 251 cm³/mol. The van der Waals surface area contributed by atoms with Gasteiger partial charge in [0.25, 0.3) is 0 Å². The van der Waals surface area contributed by atoms with Crippen molar-refractivity contribution < 1.29 is 66.0 Å². The van der Waals surface area contributed by atoms with E-state index in [0.29, 0.717) is 31.0 Å². The summed E-state index contributed by atoms with van der Waals surface area (Å²) in [6.45, 7) is 12.3. The molecule has 69 heavy (non-hydrogen) atoms. The molecule has 6 saturated carbocycles. The Bertz CT molecular complexity index is 2460. The molecule has 17 heteroatoms. The fourth-order valence-corrected chi connectivity index (χ4v) is 17.2. The molecule has 376 valence electrons. The van der Waals surface area contributed by atoms with Crippen LogP contribution in [0.4, 0.5) is 13.2 Å². The van der Waals surface area contributed by atoms with Crippen LogP contribution in [0.25, 0.3) is 0 Å². The van der Waals surface area contributed by atoms with Crippen molar-refractivity contribution in [2.45, 2.75) is 140 Å². The fraction of sp³-hybridized carbons (Fsp3) is 0.654. The van der Waals surface area contributed by atoms with Gasteiger partial charge in [-0.25, -0.2) is 18.0 Å². The largest absolute Gasteiger partial charge is 0.457 e. The second-order valence-electron chi connectivity index (χ2n) is 21.7. The van der Waals surface area contributed by atoms with Crippen LogP contribution in [0.2, 0.25) is 0 Å². The van der Waals surface area contributed by atoms with E-state index < -0.39 is 108 Å². The maximum absolute atomic E-state index is 17.2. The molecule has 0 radical (unpaired) electrons. The third-order valence-corrected chi connectivity index (χ3v) is 20.8. The molecule has 17 atom stereocenters. The summed E-state index contributed by atoms with van der Waals surface area (Å²) >= 11 is 14.0. The first-order chi connectivity index (χ1) is 32.3. The topological polar surface area (TPSA) is 174 Å². The number of esters is 2. The molecular weight excluding hydrogens is 961 g/mol. The molecule has 0 amide bonds. The summed E-state index contributed by atoms with van der Waals surface area (Å²) in [4.78, 5) is 75.5. The second-order valence-corrected chi connectivity index (χ2v) is 23.4. The number of hydrogen-bond donors (Lipinski definition) is 2. The molecule has 0 spiro atoms. The standard InChI is InChI=1S/C27H30Cl2O6.C25H31F3O5S/c1-15-11-19-18-7-6-16-12-17(30)8-9-24(16,2)26(18,29)21(31)13-25(19,3)27(15,22(32)14-28)35-23(33)20-5-4-10-34-20;1-5-20(31)33-25(21(32)34-12-26)13(2)8-15-16-10-18(27)17-9-14(29)6-7-22(17,3)24(16,28)19(30)11-23(15,25)4/h4-5,8-10,12,15,18-19,21,31H,6-7,11,13-14H2,1-3H3;6-7,9,13,15-16,18-19,30H,5,8,10-12H2,1-4H3/t15-,18+,19+,21+,24+,25+,26+,27+;13-,15+,16?,18+,19+,22+,23+,24+,25+/m11/s1. The highest BCUT2D eigenvalue weighted by molar-refractivity contribution is 8.13. The Morgan fingerprint density at radius 1 is 0.855 bits per heavy atom. The number of carbonyl (C=O) groups is 6. The fourth-order valence-electron chi connectivity index (χ4n) is 15.7. The smallest absolute Gasteiger partial charge is 0.375 e. The Morgan fingerprint density at radius 3 is 2.06 bits per heavy atom. The number of carbonyl (C=O) groups excluding carboxylic acids is 6. The summed E-state index contributed by atoms with van der Waals surface area (Å²) in [5.74, 6) is -5.42. The van der Waals surface area contributed by atoms with Gasteiger partial charge in [-0.15, -0.1) is 23.2 Å². The molecule has 0 saturated heterocycles. The lowest BCUT2D eigenvalue weighted by Gasteiger charge is -2.64. The van der Waals surface area contributed by atoms with Gasteiger partial charge in [-0.1, -0.05) is 59.3 Å². The van der Waals surface area contributed by atoms with Crippen molar-refractivity contribution in [2.24, 2.45) is 57.2 Å². The number of halogens is 5. The quantitative estimate of drug-likeness (QED) is 0.187. The number of ketones is 3. The Kier molecular flexibility index (Phi) is 13.2. The Morgan fingerprint density at radius 2 is 1.45 bits per heavy atom. The Hall–Kier alpha value is -3.50. The molecule has 8 aliphatic rings. The molecule has 2 N–H and O–H groups in total. The lowest BCUT2D eigenvalue weighted by atomic mass is 9.44. The van der Waals surface area contributed by atoms with Crippen LogP contribution >= 0.6 is 35.0 Å². The zero-order valence-electron chi connectivity index (χ0n) is 39.8. The molecule has 9 rings (SSSR count). The van der Waals surface area contributed by atoms with Crippen molar-refractivity contribution in [1.82, 2.24) is 0 Å². The third-order valence-electron chi connectivity index (χ3n) is 18.9. The van der Waals surface area contributed by atoms with Crippen molar-refractivity contribution >= 4 is 69.4 Å². The van der Waals surface area contributed by atoms with Crippen molar-refractivity contribution in [3.8, 4) is 0 Å². The minimum absolute atomic E-state index is 0.00557. The highest BCUT2D eigenvalue weighted by Crippen LogP contribution is 2.74. The van der Waals surface area contributed by atoms with Gasteiger partial charge in [0.1, 0.15) is 12.2 Å². The third kappa shape index (κ3) is 6.87. The van der Waals surface area contributed by atoms with Crippen molar-refractivity contribution in [1.29, 1.82) is 0 Å². The molecule has 1 aromatic heterocycles. The number of ether oxygens (including phenoxy) is 2. The van der Waals surface area contributed by atoms with Gasteiger partial charge < -0.3 is 24.1 Å². The van der Waals surface area contributed by atoms with E-state index >= 15 is 8.78 Å². The highest BCUT2D eigenvalue weighted by atomic mass is 35.5. The molecule has 0 bridgehead atoms. The van der Waals surface area contributed by atoms with Crippen LogP contribution in [0.3, 0.4) is 0 Å². The zero-order valence-corrected chi connectivity index (χ0v) is 42.2. The number of alkyl halides is 5. The van der Waals surface area contributed by atoms with Gasteiger partial charge in [-0.3, -0.25) is 24.0 Å². The maximum Gasteiger partial charge on any atom is 0.375 e. The Balaban J connectivity index is 0.000000186. The normalized spacial score (nSPS) is 45.7. The van der Waals surface area contributed by atoms with Gasteiger partial charge in [0, 0.05) is 45.8 Å². The molecule has 8 aliphatic carbocycles. The van der Waals surface area contributed by atoms with Crippen LogP contribution in [0.1, 0.15) is 110 Å². The number of Topliss-reactive ketones (excluding diaryl/α,β-unsaturated/α-hetero) is 1. The molecule has 0 aromatic carbocycles. The summed E-state index contributed by atoms with van der Waals surface area (Å²) < 4.78 is 63.2. The van der Waals surface area contributed by atoms with Crippen LogP contribution in [0.5, 0.6) is 0 Å². The van der Waals surface area contributed by atoms with Gasteiger partial charge in [0.2, 0.25) is 10.9 Å². The summed E-state index contributed by atoms with van der Waals surface area (Å²) in [7, 11) is 0. The summed E-state index contributed by atoms with van der Waals surface area (Å²) in [5, 5.41) is 22.5. The van der Waals surface area contributed by atoms with Crippen molar-refractivity contribution in [2.75, 3.05) is 11.9 Å². The van der Waals surface area contributed by atoms with E-state index in [9.17, 15) is 43.4 Å². The van der Waals surface area contributed by atoms with E-state index in [1.165, 1.54) is 37.5 Å². The lowest BCUT2D eigenvalue weighted by molar-refractivity contribution is -0.228. The van der Waals surface area contributed by atoms with Crippen LogP contribution in [-0.2, 0) is 33.4 Å². The number of thioether (sulfide) groups is 1. The van der Waals surface area contributed by atoms with Crippen molar-refractivity contribution in [3.05, 3.63) is 71.8 Å². The average molecular weight is 1020 g/mol. The zero-order chi connectivity index (χ0) is 50.7. The molecule has 6 fully saturated rings. The van der Waals surface area contributed by atoms with Crippen molar-refractivity contribution in [3.63, 3.8) is 0 Å². The average Bonchev–Trinajstić information content (AvgIpc) is 3.97. The van der Waals surface area contributed by atoms with E-state index in [2.05, 4.69) is 0 Å². The monoisotopic (exact) mass is 1020 g/mol. The number of allylic oxidation sites excluding steroid dienone is 8. The first-order valence-electron chi connectivity index (χ1n) is 23.9.